The van der Waals surface area contributed by atoms with Crippen molar-refractivity contribution in [3.63, 3.8) is 0 Å². The molecule has 158 valence electrons. The molecule has 2 aromatic carbocycles. The second kappa shape index (κ2) is 8.75. The summed E-state index contributed by atoms with van der Waals surface area (Å²) < 4.78 is 0. The van der Waals surface area contributed by atoms with E-state index in [0.29, 0.717) is 5.01 Å². The third-order valence-electron chi connectivity index (χ3n) is 6.05. The maximum absolute atomic E-state index is 10.6. The molecule has 0 spiro atoms. The van der Waals surface area contributed by atoms with Crippen molar-refractivity contribution in [3.8, 4) is 11.3 Å². The van der Waals surface area contributed by atoms with Crippen molar-refractivity contribution in [1.29, 1.82) is 0 Å². The second-order valence-electron chi connectivity index (χ2n) is 7.87. The van der Waals surface area contributed by atoms with Crippen molar-refractivity contribution in [2.75, 3.05) is 37.6 Å². The molecule has 3 heterocycles. The number of rotatable bonds is 5. The van der Waals surface area contributed by atoms with E-state index in [1.165, 1.54) is 22.1 Å². The number of anilines is 1. The average Bonchev–Trinajstić information content (AvgIpc) is 3.38. The Morgan fingerprint density at radius 2 is 1.81 bits per heavy atom. The molecule has 0 bridgehead atoms. The van der Waals surface area contributed by atoms with Gasteiger partial charge in [0.05, 0.1) is 5.69 Å². The number of nitrogens with zero attached hydrogens (tertiary/aromatic N) is 4. The van der Waals surface area contributed by atoms with E-state index in [0.717, 1.165) is 55.4 Å². The molecule has 2 aromatic heterocycles. The monoisotopic (exact) mass is 430 g/mol. The molecule has 5 nitrogen and oxygen atoms in total. The highest BCUT2D eigenvalue weighted by atomic mass is 32.1. The number of aromatic nitrogens is 2. The minimum Gasteiger partial charge on any atom is -0.381 e. The van der Waals surface area contributed by atoms with Crippen molar-refractivity contribution in [3.05, 3.63) is 76.7 Å². The lowest BCUT2D eigenvalue weighted by molar-refractivity contribution is 0.220. The Labute approximate surface area is 186 Å². The van der Waals surface area contributed by atoms with Crippen LogP contribution in [0.1, 0.15) is 23.6 Å². The fourth-order valence-corrected chi connectivity index (χ4v) is 4.84. The zero-order chi connectivity index (χ0) is 21.2. The summed E-state index contributed by atoms with van der Waals surface area (Å²) in [6.07, 6.45) is 1.03. The van der Waals surface area contributed by atoms with Gasteiger partial charge in [-0.2, -0.15) is 0 Å². The van der Waals surface area contributed by atoms with Crippen molar-refractivity contribution >= 4 is 27.9 Å². The molecular weight excluding hydrogens is 404 g/mol. The number of likely N-dealkylation sites (N-methyl/N-ethyl adjacent to an activating group) is 1. The van der Waals surface area contributed by atoms with Crippen LogP contribution in [0.15, 0.2) is 66.2 Å². The van der Waals surface area contributed by atoms with Crippen LogP contribution in [0.5, 0.6) is 0 Å². The second-order valence-corrected chi connectivity index (χ2v) is 8.79. The standard InChI is InChI=1S/C25H26N4OS/c1-2-28-12-14-29(15-13-28)24-21-6-4-3-5-20(21)17-22(27-24)18-7-9-19(10-8-18)23(30)25-26-11-16-31-25/h3-11,16-17,23,30H,2,12-15H2,1H3. The molecule has 1 unspecified atom stereocenters. The first-order valence-electron chi connectivity index (χ1n) is 10.8. The van der Waals surface area contributed by atoms with E-state index < -0.39 is 6.10 Å². The van der Waals surface area contributed by atoms with E-state index in [9.17, 15) is 5.11 Å². The quantitative estimate of drug-likeness (QED) is 0.502. The van der Waals surface area contributed by atoms with Crippen molar-refractivity contribution < 1.29 is 5.11 Å². The largest absolute Gasteiger partial charge is 0.381 e. The first-order valence-corrected chi connectivity index (χ1v) is 11.7. The zero-order valence-corrected chi connectivity index (χ0v) is 18.4. The predicted octanol–water partition coefficient (Wildman–Crippen LogP) is 4.58. The summed E-state index contributed by atoms with van der Waals surface area (Å²) in [6.45, 7) is 7.45. The summed E-state index contributed by atoms with van der Waals surface area (Å²) in [5.74, 6) is 1.07. The van der Waals surface area contributed by atoms with Gasteiger partial charge >= 0.3 is 0 Å². The van der Waals surface area contributed by atoms with E-state index in [-0.39, 0.29) is 0 Å². The number of pyridine rings is 1. The maximum atomic E-state index is 10.6. The minimum absolute atomic E-state index is 0.691. The van der Waals surface area contributed by atoms with Crippen molar-refractivity contribution in [2.24, 2.45) is 0 Å². The van der Waals surface area contributed by atoms with Gasteiger partial charge < -0.3 is 14.9 Å². The smallest absolute Gasteiger partial charge is 0.137 e. The molecule has 1 atom stereocenters. The third kappa shape index (κ3) is 4.06. The summed E-state index contributed by atoms with van der Waals surface area (Å²) in [4.78, 5) is 14.2. The van der Waals surface area contributed by atoms with Crippen LogP contribution in [0.25, 0.3) is 22.0 Å². The van der Waals surface area contributed by atoms with Gasteiger partial charge in [0.15, 0.2) is 0 Å². The molecule has 6 heteroatoms. The number of aliphatic hydroxyl groups is 1. The molecule has 1 aliphatic heterocycles. The lowest BCUT2D eigenvalue weighted by Gasteiger charge is -2.35. The topological polar surface area (TPSA) is 52.5 Å². The van der Waals surface area contributed by atoms with Crippen LogP contribution in [-0.2, 0) is 0 Å². The molecule has 31 heavy (non-hydrogen) atoms. The number of thiazole rings is 1. The molecule has 1 N–H and O–H groups in total. The van der Waals surface area contributed by atoms with E-state index >= 15 is 0 Å². The molecule has 4 aromatic rings. The third-order valence-corrected chi connectivity index (χ3v) is 6.87. The van der Waals surface area contributed by atoms with Crippen LogP contribution in [0, 0.1) is 0 Å². The first kappa shape index (κ1) is 20.1. The molecule has 0 amide bonds. The van der Waals surface area contributed by atoms with E-state index in [2.05, 4.69) is 52.0 Å². The number of aliphatic hydroxyl groups excluding tert-OH is 1. The molecule has 1 fully saturated rings. The fraction of sp³-hybridized carbons (Fsp3) is 0.280. The van der Waals surface area contributed by atoms with E-state index in [4.69, 9.17) is 4.98 Å². The van der Waals surface area contributed by atoms with Gasteiger partial charge in [0.1, 0.15) is 16.9 Å². The average molecular weight is 431 g/mol. The lowest BCUT2D eigenvalue weighted by atomic mass is 10.0. The molecule has 5 rings (SSSR count). The Bertz CT molecular complexity index is 1150. The van der Waals surface area contributed by atoms with E-state index in [1.807, 2.05) is 29.6 Å². The van der Waals surface area contributed by atoms with Gasteiger partial charge in [-0.3, -0.25) is 0 Å². The van der Waals surface area contributed by atoms with Gasteiger partial charge in [-0.05, 0) is 23.6 Å². The number of piperazine rings is 1. The summed E-state index contributed by atoms with van der Waals surface area (Å²) in [5.41, 5.74) is 2.85. The van der Waals surface area contributed by atoms with Gasteiger partial charge in [-0.15, -0.1) is 11.3 Å². The van der Waals surface area contributed by atoms with Crippen LogP contribution in [0.3, 0.4) is 0 Å². The molecule has 0 saturated carbocycles. The van der Waals surface area contributed by atoms with Crippen LogP contribution >= 0.6 is 11.3 Å². The van der Waals surface area contributed by atoms with Crippen molar-refractivity contribution in [2.45, 2.75) is 13.0 Å². The SMILES string of the molecule is CCN1CCN(c2nc(-c3ccc(C(O)c4nccs4)cc3)cc3ccccc23)CC1. The summed E-state index contributed by atoms with van der Waals surface area (Å²) >= 11 is 1.46. The Morgan fingerprint density at radius 3 is 2.52 bits per heavy atom. The highest BCUT2D eigenvalue weighted by molar-refractivity contribution is 7.09. The van der Waals surface area contributed by atoms with Gasteiger partial charge in [-0.1, -0.05) is 55.5 Å². The minimum atomic E-state index is -0.691. The number of hydrogen-bond acceptors (Lipinski definition) is 6. The number of fused-ring (bicyclic) bond motifs is 1. The van der Waals surface area contributed by atoms with Crippen LogP contribution in [-0.4, -0.2) is 52.7 Å². The van der Waals surface area contributed by atoms with Gasteiger partial charge in [0.25, 0.3) is 0 Å². The van der Waals surface area contributed by atoms with Gasteiger partial charge in [0.2, 0.25) is 0 Å². The normalized spacial score (nSPS) is 16.0. The number of hydrogen-bond donors (Lipinski definition) is 1. The molecule has 0 radical (unpaired) electrons. The Kier molecular flexibility index (Phi) is 5.68. The van der Waals surface area contributed by atoms with E-state index in [1.54, 1.807) is 6.20 Å². The van der Waals surface area contributed by atoms with Crippen LogP contribution in [0.2, 0.25) is 0 Å². The Morgan fingerprint density at radius 1 is 1.03 bits per heavy atom. The lowest BCUT2D eigenvalue weighted by Crippen LogP contribution is -2.46. The highest BCUT2D eigenvalue weighted by Gasteiger charge is 2.20. The van der Waals surface area contributed by atoms with Crippen LogP contribution in [0.4, 0.5) is 5.82 Å². The summed E-state index contributed by atoms with van der Waals surface area (Å²) in [5, 5.41) is 15.6. The molecule has 0 aliphatic carbocycles. The highest BCUT2D eigenvalue weighted by Crippen LogP contribution is 2.32. The van der Waals surface area contributed by atoms with Crippen LogP contribution < -0.4 is 4.90 Å². The first-order chi connectivity index (χ1) is 15.2. The zero-order valence-electron chi connectivity index (χ0n) is 17.6. The summed E-state index contributed by atoms with van der Waals surface area (Å²) in [6, 6.07) is 18.7. The number of benzene rings is 2. The van der Waals surface area contributed by atoms with Crippen molar-refractivity contribution in [1.82, 2.24) is 14.9 Å². The Balaban J connectivity index is 1.49. The fourth-order valence-electron chi connectivity index (χ4n) is 4.19. The maximum Gasteiger partial charge on any atom is 0.137 e. The molecule has 1 saturated heterocycles. The molecular formula is C25H26N4OS. The Hall–Kier alpha value is -2.80. The van der Waals surface area contributed by atoms with Gasteiger partial charge in [0, 0.05) is 48.7 Å². The summed E-state index contributed by atoms with van der Waals surface area (Å²) in [7, 11) is 0. The molecule has 1 aliphatic rings. The van der Waals surface area contributed by atoms with Gasteiger partial charge in [-0.25, -0.2) is 9.97 Å². The predicted molar refractivity (Wildman–Crippen MR) is 128 cm³/mol.